The highest BCUT2D eigenvalue weighted by Crippen LogP contribution is 2.31. The van der Waals surface area contributed by atoms with Crippen molar-refractivity contribution in [3.63, 3.8) is 0 Å². The molecule has 4 aromatic rings. The van der Waals surface area contributed by atoms with Crippen LogP contribution in [0.15, 0.2) is 95.2 Å². The van der Waals surface area contributed by atoms with Gasteiger partial charge in [-0.2, -0.15) is 10.2 Å². The van der Waals surface area contributed by atoms with Gasteiger partial charge < -0.3 is 9.47 Å². The molecule has 0 aliphatic rings. The maximum atomic E-state index is 12.4. The molecule has 0 saturated heterocycles. The molecule has 0 aromatic heterocycles. The number of carbonyl (C=O) groups is 1. The summed E-state index contributed by atoms with van der Waals surface area (Å²) in [7, 11) is 0. The fraction of sp³-hybridized carbons (Fsp3) is 0.115. The molecule has 32 heavy (non-hydrogen) atoms. The summed E-state index contributed by atoms with van der Waals surface area (Å²) in [4.78, 5) is 12.4. The average molecular weight is 445 g/mol. The summed E-state index contributed by atoms with van der Waals surface area (Å²) in [5.74, 6) is 0.467. The molecule has 0 spiro atoms. The van der Waals surface area contributed by atoms with Crippen LogP contribution in [0.25, 0.3) is 10.8 Å². The molecule has 0 atom stereocenters. The van der Waals surface area contributed by atoms with Crippen molar-refractivity contribution in [2.24, 2.45) is 10.2 Å². The van der Waals surface area contributed by atoms with Crippen LogP contribution in [0.4, 0.5) is 11.4 Å². The highest BCUT2D eigenvalue weighted by molar-refractivity contribution is 6.32. The lowest BCUT2D eigenvalue weighted by atomic mass is 10.1. The van der Waals surface area contributed by atoms with E-state index in [-0.39, 0.29) is 10.8 Å². The predicted octanol–water partition coefficient (Wildman–Crippen LogP) is 7.92. The number of hydrogen-bond acceptors (Lipinski definition) is 5. The van der Waals surface area contributed by atoms with Gasteiger partial charge in [-0.25, -0.2) is 4.79 Å². The van der Waals surface area contributed by atoms with E-state index < -0.39 is 5.97 Å². The Morgan fingerprint density at radius 1 is 0.844 bits per heavy atom. The number of fused-ring (bicyclic) bond motifs is 1. The van der Waals surface area contributed by atoms with Crippen LogP contribution in [0.3, 0.4) is 0 Å². The Kier molecular flexibility index (Phi) is 6.78. The quantitative estimate of drug-likeness (QED) is 0.165. The number of carbonyl (C=O) groups excluding carboxylic acids is 1. The van der Waals surface area contributed by atoms with Gasteiger partial charge in [-0.3, -0.25) is 0 Å². The standard InChI is InChI=1S/C26H21ClN2O3/c1-2-15-31-23-12-8-19(9-13-23)26(30)32-25-14-11-22(17-24(25)27)29-28-21-10-7-18-5-3-4-6-20(18)16-21/h3-14,16-17H,2,15H2,1H3. The second-order valence-electron chi connectivity index (χ2n) is 7.11. The second kappa shape index (κ2) is 10.1. The fourth-order valence-corrected chi connectivity index (χ4v) is 3.27. The van der Waals surface area contributed by atoms with E-state index >= 15 is 0 Å². The first-order valence-electron chi connectivity index (χ1n) is 10.3. The molecule has 4 rings (SSSR count). The lowest BCUT2D eigenvalue weighted by Gasteiger charge is -2.08. The van der Waals surface area contributed by atoms with Gasteiger partial charge in [0, 0.05) is 0 Å². The maximum Gasteiger partial charge on any atom is 0.343 e. The predicted molar refractivity (Wildman–Crippen MR) is 127 cm³/mol. The molecule has 0 aliphatic carbocycles. The van der Waals surface area contributed by atoms with Gasteiger partial charge >= 0.3 is 5.97 Å². The van der Waals surface area contributed by atoms with Crippen molar-refractivity contribution in [1.29, 1.82) is 0 Å². The Labute approximate surface area is 191 Å². The molecule has 0 aliphatic heterocycles. The third-order valence-electron chi connectivity index (χ3n) is 4.69. The Bertz CT molecular complexity index is 1270. The molecular weight excluding hydrogens is 424 g/mol. The summed E-state index contributed by atoms with van der Waals surface area (Å²) in [5.41, 5.74) is 1.70. The highest BCUT2D eigenvalue weighted by Gasteiger charge is 2.12. The Morgan fingerprint density at radius 3 is 2.25 bits per heavy atom. The number of esters is 1. The summed E-state index contributed by atoms with van der Waals surface area (Å²) in [6, 6.07) is 25.6. The third-order valence-corrected chi connectivity index (χ3v) is 4.99. The van der Waals surface area contributed by atoms with Crippen LogP contribution in [0, 0.1) is 0 Å². The largest absolute Gasteiger partial charge is 0.494 e. The van der Waals surface area contributed by atoms with E-state index in [0.29, 0.717) is 23.6 Å². The minimum atomic E-state index is -0.500. The van der Waals surface area contributed by atoms with E-state index in [2.05, 4.69) is 10.2 Å². The van der Waals surface area contributed by atoms with Gasteiger partial charge in [0.2, 0.25) is 0 Å². The van der Waals surface area contributed by atoms with Crippen molar-refractivity contribution in [2.75, 3.05) is 6.61 Å². The molecular formula is C26H21ClN2O3. The van der Waals surface area contributed by atoms with Crippen molar-refractivity contribution in [1.82, 2.24) is 0 Å². The monoisotopic (exact) mass is 444 g/mol. The Morgan fingerprint density at radius 2 is 1.53 bits per heavy atom. The first-order valence-corrected chi connectivity index (χ1v) is 10.7. The molecule has 0 fully saturated rings. The summed E-state index contributed by atoms with van der Waals surface area (Å²) >= 11 is 6.30. The number of nitrogens with zero attached hydrogens (tertiary/aromatic N) is 2. The zero-order valence-corrected chi connectivity index (χ0v) is 18.3. The van der Waals surface area contributed by atoms with Crippen LogP contribution in [0.1, 0.15) is 23.7 Å². The highest BCUT2D eigenvalue weighted by atomic mass is 35.5. The SMILES string of the molecule is CCCOc1ccc(C(=O)Oc2ccc(N=Nc3ccc4ccccc4c3)cc2Cl)cc1. The van der Waals surface area contributed by atoms with Crippen LogP contribution < -0.4 is 9.47 Å². The molecule has 0 bridgehead atoms. The molecule has 4 aromatic carbocycles. The van der Waals surface area contributed by atoms with Gasteiger partial charge in [-0.05, 0) is 71.8 Å². The summed E-state index contributed by atoms with van der Waals surface area (Å²) in [6.45, 7) is 2.66. The number of rotatable bonds is 7. The van der Waals surface area contributed by atoms with Crippen molar-refractivity contribution < 1.29 is 14.3 Å². The van der Waals surface area contributed by atoms with E-state index in [4.69, 9.17) is 21.1 Å². The normalized spacial score (nSPS) is 11.1. The Balaban J connectivity index is 1.43. The number of ether oxygens (including phenoxy) is 2. The first kappa shape index (κ1) is 21.5. The van der Waals surface area contributed by atoms with Crippen molar-refractivity contribution in [3.05, 3.63) is 95.5 Å². The van der Waals surface area contributed by atoms with Gasteiger partial charge in [-0.15, -0.1) is 0 Å². The second-order valence-corrected chi connectivity index (χ2v) is 7.52. The number of azo groups is 1. The van der Waals surface area contributed by atoms with Gasteiger partial charge in [0.25, 0.3) is 0 Å². The van der Waals surface area contributed by atoms with E-state index in [1.54, 1.807) is 42.5 Å². The van der Waals surface area contributed by atoms with Crippen LogP contribution in [-0.4, -0.2) is 12.6 Å². The van der Waals surface area contributed by atoms with Gasteiger partial charge in [-0.1, -0.05) is 48.9 Å². The van der Waals surface area contributed by atoms with E-state index in [0.717, 1.165) is 22.9 Å². The van der Waals surface area contributed by atoms with Gasteiger partial charge in [0.05, 0.1) is 28.6 Å². The van der Waals surface area contributed by atoms with E-state index in [1.165, 1.54) is 0 Å². The Hall–Kier alpha value is -3.70. The minimum Gasteiger partial charge on any atom is -0.494 e. The molecule has 0 heterocycles. The first-order chi connectivity index (χ1) is 15.6. The fourth-order valence-electron chi connectivity index (χ4n) is 3.06. The van der Waals surface area contributed by atoms with Gasteiger partial charge in [0.1, 0.15) is 11.5 Å². The summed E-state index contributed by atoms with van der Waals surface area (Å²) in [5, 5.41) is 11.0. The number of halogens is 1. The van der Waals surface area contributed by atoms with Crippen molar-refractivity contribution >= 4 is 39.7 Å². The van der Waals surface area contributed by atoms with Crippen molar-refractivity contribution in [3.8, 4) is 11.5 Å². The van der Waals surface area contributed by atoms with Crippen molar-refractivity contribution in [2.45, 2.75) is 13.3 Å². The molecule has 0 N–H and O–H groups in total. The third kappa shape index (κ3) is 5.31. The van der Waals surface area contributed by atoms with Crippen LogP contribution >= 0.6 is 11.6 Å². The van der Waals surface area contributed by atoms with Crippen LogP contribution in [-0.2, 0) is 0 Å². The molecule has 6 heteroatoms. The topological polar surface area (TPSA) is 60.2 Å². The maximum absolute atomic E-state index is 12.4. The number of benzene rings is 4. The zero-order chi connectivity index (χ0) is 22.3. The summed E-state index contributed by atoms with van der Waals surface area (Å²) in [6.07, 6.45) is 0.917. The lowest BCUT2D eigenvalue weighted by Crippen LogP contribution is -2.08. The smallest absolute Gasteiger partial charge is 0.343 e. The van der Waals surface area contributed by atoms with Crippen LogP contribution in [0.5, 0.6) is 11.5 Å². The average Bonchev–Trinajstić information content (AvgIpc) is 2.83. The molecule has 5 nitrogen and oxygen atoms in total. The van der Waals surface area contributed by atoms with E-state index in [9.17, 15) is 4.79 Å². The lowest BCUT2D eigenvalue weighted by molar-refractivity contribution is 0.0735. The van der Waals surface area contributed by atoms with E-state index in [1.807, 2.05) is 49.4 Å². The molecule has 0 amide bonds. The van der Waals surface area contributed by atoms with Crippen LogP contribution in [0.2, 0.25) is 5.02 Å². The zero-order valence-electron chi connectivity index (χ0n) is 17.5. The molecule has 0 saturated carbocycles. The molecule has 160 valence electrons. The summed E-state index contributed by atoms with van der Waals surface area (Å²) < 4.78 is 11.0. The number of hydrogen-bond donors (Lipinski definition) is 0. The minimum absolute atomic E-state index is 0.257. The molecule has 0 radical (unpaired) electrons. The molecule has 0 unspecified atom stereocenters. The van der Waals surface area contributed by atoms with Gasteiger partial charge in [0.15, 0.2) is 0 Å².